The van der Waals surface area contributed by atoms with Crippen LogP contribution in [0.15, 0.2) is 42.5 Å². The van der Waals surface area contributed by atoms with Crippen molar-refractivity contribution in [1.29, 1.82) is 0 Å². The van der Waals surface area contributed by atoms with Gasteiger partial charge in [0, 0.05) is 18.4 Å². The lowest BCUT2D eigenvalue weighted by Gasteiger charge is -2.09. The number of aromatic nitrogens is 1. The molecule has 0 aliphatic rings. The third-order valence-corrected chi connectivity index (χ3v) is 3.09. The number of rotatable bonds is 0. The van der Waals surface area contributed by atoms with Gasteiger partial charge in [0.2, 0.25) is 5.52 Å². The molecule has 0 unspecified atom stereocenters. The van der Waals surface area contributed by atoms with Crippen molar-refractivity contribution in [2.75, 3.05) is 0 Å². The molecule has 17 heavy (non-hydrogen) atoms. The number of nitrogens with zero attached hydrogens (tertiary/aromatic N) is 1. The van der Waals surface area contributed by atoms with E-state index >= 15 is 0 Å². The number of fused-ring (bicyclic) bond motifs is 3. The predicted octanol–water partition coefficient (Wildman–Crippen LogP) is 3.07. The molecule has 0 N–H and O–H groups in total. The molecule has 0 atom stereocenters. The summed E-state index contributed by atoms with van der Waals surface area (Å²) in [6, 6.07) is 11.8. The van der Waals surface area contributed by atoms with Crippen molar-refractivity contribution >= 4 is 21.7 Å². The summed E-state index contributed by atoms with van der Waals surface area (Å²) >= 11 is 0. The highest BCUT2D eigenvalue weighted by Gasteiger charge is 2.14. The largest absolute Gasteiger partial charge is 0.618 e. The zero-order valence-electron chi connectivity index (χ0n) is 9.27. The average Bonchev–Trinajstić information content (AvgIpc) is 2.36. The SMILES string of the molecule is Cc1c2ccccc2c2cc(F)ccc2[n+]1[O-]. The average molecular weight is 227 g/mol. The first-order valence-electron chi connectivity index (χ1n) is 5.38. The van der Waals surface area contributed by atoms with Crippen molar-refractivity contribution in [3.8, 4) is 0 Å². The fraction of sp³-hybridized carbons (Fsp3) is 0.0714. The Balaban J connectivity index is 2.66. The molecule has 0 aliphatic heterocycles. The molecular weight excluding hydrogens is 217 g/mol. The van der Waals surface area contributed by atoms with Crippen molar-refractivity contribution in [2.24, 2.45) is 0 Å². The number of hydrogen-bond donors (Lipinski definition) is 0. The zero-order chi connectivity index (χ0) is 12.0. The van der Waals surface area contributed by atoms with Gasteiger partial charge in [-0.2, -0.15) is 4.73 Å². The van der Waals surface area contributed by atoms with Gasteiger partial charge in [-0.3, -0.25) is 0 Å². The number of benzene rings is 2. The smallest absolute Gasteiger partial charge is 0.224 e. The van der Waals surface area contributed by atoms with E-state index in [-0.39, 0.29) is 5.82 Å². The standard InChI is InChI=1S/C14H10FNO/c1-9-11-4-2-3-5-12(11)13-8-10(15)6-7-14(13)16(9)17/h2-8H,1H3. The molecule has 0 radical (unpaired) electrons. The third-order valence-electron chi connectivity index (χ3n) is 3.09. The monoisotopic (exact) mass is 227 g/mol. The van der Waals surface area contributed by atoms with E-state index in [9.17, 15) is 9.60 Å². The van der Waals surface area contributed by atoms with Crippen LogP contribution in [0, 0.1) is 17.9 Å². The quantitative estimate of drug-likeness (QED) is 0.329. The summed E-state index contributed by atoms with van der Waals surface area (Å²) in [7, 11) is 0. The summed E-state index contributed by atoms with van der Waals surface area (Å²) in [4.78, 5) is 0. The van der Waals surface area contributed by atoms with Crippen molar-refractivity contribution in [2.45, 2.75) is 6.92 Å². The lowest BCUT2D eigenvalue weighted by Crippen LogP contribution is -2.31. The molecule has 1 aromatic heterocycles. The summed E-state index contributed by atoms with van der Waals surface area (Å²) in [5.74, 6) is -0.327. The van der Waals surface area contributed by atoms with E-state index < -0.39 is 0 Å². The van der Waals surface area contributed by atoms with E-state index in [0.29, 0.717) is 16.6 Å². The second-order valence-electron chi connectivity index (χ2n) is 4.09. The van der Waals surface area contributed by atoms with Crippen LogP contribution in [0.5, 0.6) is 0 Å². The first-order chi connectivity index (χ1) is 8.18. The van der Waals surface area contributed by atoms with Crippen LogP contribution in [-0.2, 0) is 0 Å². The lowest BCUT2D eigenvalue weighted by atomic mass is 10.0. The van der Waals surface area contributed by atoms with Gasteiger partial charge in [0.15, 0.2) is 5.69 Å². The Morgan fingerprint density at radius 3 is 2.47 bits per heavy atom. The second-order valence-corrected chi connectivity index (χ2v) is 4.09. The molecule has 0 saturated heterocycles. The summed E-state index contributed by atoms with van der Waals surface area (Å²) in [5, 5.41) is 14.5. The maximum atomic E-state index is 13.3. The van der Waals surface area contributed by atoms with Gasteiger partial charge in [0.1, 0.15) is 5.82 Å². The Labute approximate surface area is 97.5 Å². The highest BCUT2D eigenvalue weighted by molar-refractivity contribution is 6.04. The van der Waals surface area contributed by atoms with Crippen LogP contribution < -0.4 is 4.73 Å². The van der Waals surface area contributed by atoms with Gasteiger partial charge in [-0.15, -0.1) is 0 Å². The fourth-order valence-corrected chi connectivity index (χ4v) is 2.22. The maximum Gasteiger partial charge on any atom is 0.224 e. The Kier molecular flexibility index (Phi) is 2.01. The highest BCUT2D eigenvalue weighted by atomic mass is 19.1. The molecule has 0 aliphatic carbocycles. The van der Waals surface area contributed by atoms with Crippen LogP contribution in [0.3, 0.4) is 0 Å². The number of aryl methyl sites for hydroxylation is 1. The van der Waals surface area contributed by atoms with Gasteiger partial charge in [-0.1, -0.05) is 18.2 Å². The molecule has 1 heterocycles. The summed E-state index contributed by atoms with van der Waals surface area (Å²) in [6.07, 6.45) is 0. The topological polar surface area (TPSA) is 26.9 Å². The molecule has 2 aromatic carbocycles. The molecule has 0 bridgehead atoms. The number of pyridine rings is 1. The van der Waals surface area contributed by atoms with Gasteiger partial charge in [0.05, 0.1) is 10.8 Å². The van der Waals surface area contributed by atoms with Crippen molar-refractivity contribution in [3.05, 3.63) is 59.2 Å². The van der Waals surface area contributed by atoms with Crippen LogP contribution in [0.4, 0.5) is 4.39 Å². The normalized spacial score (nSPS) is 11.2. The molecule has 3 aromatic rings. The van der Waals surface area contributed by atoms with E-state index in [1.54, 1.807) is 6.92 Å². The zero-order valence-corrected chi connectivity index (χ0v) is 9.27. The molecule has 0 amide bonds. The van der Waals surface area contributed by atoms with Crippen molar-refractivity contribution in [1.82, 2.24) is 0 Å². The van der Waals surface area contributed by atoms with Gasteiger partial charge in [-0.25, -0.2) is 4.39 Å². The van der Waals surface area contributed by atoms with Gasteiger partial charge in [0.25, 0.3) is 0 Å². The molecule has 0 saturated carbocycles. The molecule has 84 valence electrons. The molecule has 3 heteroatoms. The minimum Gasteiger partial charge on any atom is -0.618 e. The van der Waals surface area contributed by atoms with E-state index in [1.807, 2.05) is 24.3 Å². The molecular formula is C14H10FNO. The second kappa shape index (κ2) is 3.42. The van der Waals surface area contributed by atoms with Crippen molar-refractivity contribution in [3.63, 3.8) is 0 Å². The number of hydrogen-bond acceptors (Lipinski definition) is 1. The van der Waals surface area contributed by atoms with E-state index in [4.69, 9.17) is 0 Å². The summed E-state index contributed by atoms with van der Waals surface area (Å²) in [6.45, 7) is 1.78. The van der Waals surface area contributed by atoms with Crippen molar-refractivity contribution < 1.29 is 9.12 Å². The summed E-state index contributed by atoms with van der Waals surface area (Å²) in [5.41, 5.74) is 1.14. The van der Waals surface area contributed by atoms with Crippen LogP contribution >= 0.6 is 0 Å². The van der Waals surface area contributed by atoms with Crippen LogP contribution in [-0.4, -0.2) is 0 Å². The third kappa shape index (κ3) is 1.35. The van der Waals surface area contributed by atoms with Gasteiger partial charge in [-0.05, 0) is 18.2 Å². The van der Waals surface area contributed by atoms with E-state index in [2.05, 4.69) is 0 Å². The lowest BCUT2D eigenvalue weighted by molar-refractivity contribution is -0.582. The first-order valence-corrected chi connectivity index (χ1v) is 5.38. The van der Waals surface area contributed by atoms with E-state index in [0.717, 1.165) is 15.5 Å². The number of halogens is 1. The Hall–Kier alpha value is -2.16. The first kappa shape index (κ1) is 10.0. The molecule has 2 nitrogen and oxygen atoms in total. The van der Waals surface area contributed by atoms with Crippen LogP contribution in [0.1, 0.15) is 5.69 Å². The maximum absolute atomic E-state index is 13.3. The van der Waals surface area contributed by atoms with Crippen LogP contribution in [0.2, 0.25) is 0 Å². The fourth-order valence-electron chi connectivity index (χ4n) is 2.22. The minimum absolute atomic E-state index is 0.327. The van der Waals surface area contributed by atoms with Gasteiger partial charge >= 0.3 is 0 Å². The summed E-state index contributed by atoms with van der Waals surface area (Å²) < 4.78 is 14.1. The molecule has 0 fully saturated rings. The van der Waals surface area contributed by atoms with Gasteiger partial charge < -0.3 is 5.21 Å². The van der Waals surface area contributed by atoms with Crippen LogP contribution in [0.25, 0.3) is 21.7 Å². The Bertz CT molecular complexity index is 737. The van der Waals surface area contributed by atoms with E-state index in [1.165, 1.54) is 18.2 Å². The Morgan fingerprint density at radius 1 is 1.00 bits per heavy atom. The molecule has 0 spiro atoms. The molecule has 3 rings (SSSR count). The predicted molar refractivity (Wildman–Crippen MR) is 65.1 cm³/mol. The minimum atomic E-state index is -0.327. The Morgan fingerprint density at radius 2 is 1.71 bits per heavy atom. The highest BCUT2D eigenvalue weighted by Crippen LogP contribution is 2.25.